The maximum atomic E-state index is 11.7. The van der Waals surface area contributed by atoms with Gasteiger partial charge in [-0.1, -0.05) is 0 Å². The number of carbonyl (C=O) groups excluding carboxylic acids is 1. The van der Waals surface area contributed by atoms with Crippen molar-refractivity contribution in [2.75, 3.05) is 27.0 Å². The SMILES string of the molecule is CN(CCC#N)C(=O)COc1ccc2c(c1)OCO2. The van der Waals surface area contributed by atoms with E-state index >= 15 is 0 Å². The predicted octanol–water partition coefficient (Wildman–Crippen LogP) is 1.17. The maximum Gasteiger partial charge on any atom is 0.260 e. The molecule has 1 aromatic rings. The fourth-order valence-corrected chi connectivity index (χ4v) is 1.56. The Labute approximate surface area is 111 Å². The molecule has 0 unspecified atom stereocenters. The van der Waals surface area contributed by atoms with E-state index in [1.165, 1.54) is 4.90 Å². The normalized spacial score (nSPS) is 11.8. The number of nitrogens with zero attached hydrogens (tertiary/aromatic N) is 2. The fourth-order valence-electron chi connectivity index (χ4n) is 1.56. The van der Waals surface area contributed by atoms with Gasteiger partial charge in [0.05, 0.1) is 12.5 Å². The third kappa shape index (κ3) is 3.28. The zero-order valence-corrected chi connectivity index (χ0v) is 10.6. The van der Waals surface area contributed by atoms with Gasteiger partial charge in [0.25, 0.3) is 5.91 Å². The number of nitriles is 1. The molecule has 0 atom stereocenters. The lowest BCUT2D eigenvalue weighted by molar-refractivity contribution is -0.131. The summed E-state index contributed by atoms with van der Waals surface area (Å²) in [5.74, 6) is 1.66. The molecule has 0 fully saturated rings. The number of rotatable bonds is 5. The lowest BCUT2D eigenvalue weighted by atomic mass is 10.3. The highest BCUT2D eigenvalue weighted by atomic mass is 16.7. The van der Waals surface area contributed by atoms with E-state index in [1.54, 1.807) is 25.2 Å². The molecule has 1 aliphatic heterocycles. The summed E-state index contributed by atoms with van der Waals surface area (Å²) in [6, 6.07) is 7.13. The number of fused-ring (bicyclic) bond motifs is 1. The molecule has 0 N–H and O–H groups in total. The van der Waals surface area contributed by atoms with Crippen molar-refractivity contribution in [1.82, 2.24) is 4.90 Å². The largest absolute Gasteiger partial charge is 0.484 e. The van der Waals surface area contributed by atoms with Crippen LogP contribution in [0.1, 0.15) is 6.42 Å². The van der Waals surface area contributed by atoms with Crippen LogP contribution >= 0.6 is 0 Å². The summed E-state index contributed by atoms with van der Waals surface area (Å²) in [5.41, 5.74) is 0. The first-order valence-corrected chi connectivity index (χ1v) is 5.84. The van der Waals surface area contributed by atoms with Gasteiger partial charge in [0.1, 0.15) is 5.75 Å². The molecule has 0 saturated heterocycles. The van der Waals surface area contributed by atoms with Crippen LogP contribution in [0.4, 0.5) is 0 Å². The molecule has 1 heterocycles. The lowest BCUT2D eigenvalue weighted by Crippen LogP contribution is -2.32. The Bertz CT molecular complexity index is 510. The smallest absolute Gasteiger partial charge is 0.260 e. The number of benzene rings is 1. The van der Waals surface area contributed by atoms with E-state index in [0.717, 1.165) is 0 Å². The Kier molecular flexibility index (Phi) is 4.08. The van der Waals surface area contributed by atoms with Crippen molar-refractivity contribution in [2.45, 2.75) is 6.42 Å². The van der Waals surface area contributed by atoms with Gasteiger partial charge in [-0.15, -0.1) is 0 Å². The van der Waals surface area contributed by atoms with Crippen LogP contribution in [-0.2, 0) is 4.79 Å². The van der Waals surface area contributed by atoms with Crippen LogP contribution in [0.2, 0.25) is 0 Å². The van der Waals surface area contributed by atoms with Crippen molar-refractivity contribution in [3.63, 3.8) is 0 Å². The van der Waals surface area contributed by atoms with Crippen LogP contribution in [0.3, 0.4) is 0 Å². The summed E-state index contributed by atoms with van der Waals surface area (Å²) in [5, 5.41) is 8.45. The summed E-state index contributed by atoms with van der Waals surface area (Å²) in [6.07, 6.45) is 0.312. The molecule has 0 saturated carbocycles. The molecule has 0 radical (unpaired) electrons. The van der Waals surface area contributed by atoms with E-state index in [0.29, 0.717) is 30.2 Å². The zero-order valence-electron chi connectivity index (χ0n) is 10.6. The third-order valence-corrected chi connectivity index (χ3v) is 2.69. The van der Waals surface area contributed by atoms with Gasteiger partial charge in [0.15, 0.2) is 18.1 Å². The number of amides is 1. The maximum absolute atomic E-state index is 11.7. The molecular weight excluding hydrogens is 248 g/mol. The Morgan fingerprint density at radius 2 is 2.26 bits per heavy atom. The average molecular weight is 262 g/mol. The van der Waals surface area contributed by atoms with Gasteiger partial charge in [-0.2, -0.15) is 5.26 Å². The summed E-state index contributed by atoms with van der Waals surface area (Å²) in [7, 11) is 1.64. The molecular formula is C13H14N2O4. The van der Waals surface area contributed by atoms with E-state index in [-0.39, 0.29) is 19.3 Å². The molecule has 1 aliphatic rings. The van der Waals surface area contributed by atoms with Crippen LogP contribution < -0.4 is 14.2 Å². The second kappa shape index (κ2) is 5.96. The number of ether oxygens (including phenoxy) is 3. The molecule has 2 rings (SSSR count). The summed E-state index contributed by atoms with van der Waals surface area (Å²) in [6.45, 7) is 0.538. The highest BCUT2D eigenvalue weighted by molar-refractivity contribution is 5.77. The second-order valence-electron chi connectivity index (χ2n) is 4.03. The van der Waals surface area contributed by atoms with Crippen LogP contribution in [0.15, 0.2) is 18.2 Å². The Morgan fingerprint density at radius 3 is 3.05 bits per heavy atom. The number of carbonyl (C=O) groups is 1. The Hall–Kier alpha value is -2.42. The standard InChI is InChI=1S/C13H14N2O4/c1-15(6-2-5-14)13(16)8-17-10-3-4-11-12(7-10)19-9-18-11/h3-4,7H,2,6,8-9H2,1H3. The van der Waals surface area contributed by atoms with Crippen molar-refractivity contribution in [3.8, 4) is 23.3 Å². The fraction of sp³-hybridized carbons (Fsp3) is 0.385. The monoisotopic (exact) mass is 262 g/mol. The number of hydrogen-bond donors (Lipinski definition) is 0. The lowest BCUT2D eigenvalue weighted by Gasteiger charge is -2.15. The van der Waals surface area contributed by atoms with Gasteiger partial charge in [0.2, 0.25) is 6.79 Å². The minimum atomic E-state index is -0.173. The average Bonchev–Trinajstić information content (AvgIpc) is 2.89. The van der Waals surface area contributed by atoms with Crippen molar-refractivity contribution < 1.29 is 19.0 Å². The summed E-state index contributed by atoms with van der Waals surface area (Å²) < 4.78 is 15.8. The van der Waals surface area contributed by atoms with E-state index in [4.69, 9.17) is 19.5 Å². The van der Waals surface area contributed by atoms with Crippen molar-refractivity contribution in [3.05, 3.63) is 18.2 Å². The van der Waals surface area contributed by atoms with Crippen molar-refractivity contribution >= 4 is 5.91 Å². The van der Waals surface area contributed by atoms with Gasteiger partial charge in [-0.3, -0.25) is 4.79 Å². The number of hydrogen-bond acceptors (Lipinski definition) is 5. The molecule has 1 amide bonds. The summed E-state index contributed by atoms with van der Waals surface area (Å²) >= 11 is 0. The minimum Gasteiger partial charge on any atom is -0.484 e. The predicted molar refractivity (Wildman–Crippen MR) is 65.9 cm³/mol. The van der Waals surface area contributed by atoms with Gasteiger partial charge < -0.3 is 19.1 Å². The molecule has 0 bridgehead atoms. The molecule has 19 heavy (non-hydrogen) atoms. The van der Waals surface area contributed by atoms with Crippen LogP contribution in [-0.4, -0.2) is 37.8 Å². The van der Waals surface area contributed by atoms with E-state index in [9.17, 15) is 4.79 Å². The van der Waals surface area contributed by atoms with Crippen molar-refractivity contribution in [2.24, 2.45) is 0 Å². The van der Waals surface area contributed by atoms with Crippen LogP contribution in [0.25, 0.3) is 0 Å². The van der Waals surface area contributed by atoms with Crippen LogP contribution in [0, 0.1) is 11.3 Å². The van der Waals surface area contributed by atoms with Gasteiger partial charge in [-0.25, -0.2) is 0 Å². The molecule has 0 spiro atoms. The summed E-state index contributed by atoms with van der Waals surface area (Å²) in [4.78, 5) is 13.2. The van der Waals surface area contributed by atoms with Gasteiger partial charge in [0, 0.05) is 19.7 Å². The van der Waals surface area contributed by atoms with Crippen molar-refractivity contribution in [1.29, 1.82) is 5.26 Å². The molecule has 1 aromatic carbocycles. The quantitative estimate of drug-likeness (QED) is 0.796. The topological polar surface area (TPSA) is 71.8 Å². The van der Waals surface area contributed by atoms with Crippen LogP contribution in [0.5, 0.6) is 17.2 Å². The zero-order chi connectivity index (χ0) is 13.7. The molecule has 100 valence electrons. The second-order valence-corrected chi connectivity index (χ2v) is 4.03. The van der Waals surface area contributed by atoms with E-state index in [1.807, 2.05) is 6.07 Å². The Balaban J connectivity index is 1.85. The van der Waals surface area contributed by atoms with Gasteiger partial charge in [-0.05, 0) is 12.1 Å². The molecule has 6 heteroatoms. The molecule has 0 aromatic heterocycles. The molecule has 6 nitrogen and oxygen atoms in total. The third-order valence-electron chi connectivity index (χ3n) is 2.69. The first kappa shape index (κ1) is 13.0. The molecule has 0 aliphatic carbocycles. The van der Waals surface area contributed by atoms with E-state index in [2.05, 4.69) is 0 Å². The number of likely N-dealkylation sites (N-methyl/N-ethyl adjacent to an activating group) is 1. The highest BCUT2D eigenvalue weighted by Crippen LogP contribution is 2.34. The first-order chi connectivity index (χ1) is 9.20. The highest BCUT2D eigenvalue weighted by Gasteiger charge is 2.15. The Morgan fingerprint density at radius 1 is 1.47 bits per heavy atom. The van der Waals surface area contributed by atoms with Gasteiger partial charge >= 0.3 is 0 Å². The van der Waals surface area contributed by atoms with E-state index < -0.39 is 0 Å². The first-order valence-electron chi connectivity index (χ1n) is 5.84. The minimum absolute atomic E-state index is 0.0679.